The molecule has 1 aliphatic rings. The SMILES string of the molecule is Cc1ccc(C)c(C(O)CN(C)CCN2CCCC2)c1. The number of aliphatic hydroxyl groups is 1. The highest BCUT2D eigenvalue weighted by atomic mass is 16.3. The molecular weight excluding hydrogens is 248 g/mol. The summed E-state index contributed by atoms with van der Waals surface area (Å²) in [5.41, 5.74) is 3.46. The maximum absolute atomic E-state index is 10.4. The quantitative estimate of drug-likeness (QED) is 0.864. The molecule has 1 aromatic carbocycles. The van der Waals surface area contributed by atoms with E-state index in [-0.39, 0.29) is 0 Å². The van der Waals surface area contributed by atoms with Gasteiger partial charge >= 0.3 is 0 Å². The van der Waals surface area contributed by atoms with Gasteiger partial charge in [0.05, 0.1) is 6.10 Å². The van der Waals surface area contributed by atoms with Gasteiger partial charge in [-0.25, -0.2) is 0 Å². The molecule has 112 valence electrons. The van der Waals surface area contributed by atoms with Crippen molar-refractivity contribution in [3.05, 3.63) is 34.9 Å². The molecule has 1 heterocycles. The van der Waals surface area contributed by atoms with Crippen LogP contribution in [-0.2, 0) is 0 Å². The van der Waals surface area contributed by atoms with Gasteiger partial charge in [0, 0.05) is 19.6 Å². The van der Waals surface area contributed by atoms with E-state index in [0.717, 1.165) is 18.7 Å². The van der Waals surface area contributed by atoms with E-state index in [1.807, 2.05) is 0 Å². The van der Waals surface area contributed by atoms with Crippen LogP contribution in [-0.4, -0.2) is 54.7 Å². The summed E-state index contributed by atoms with van der Waals surface area (Å²) in [7, 11) is 2.10. The van der Waals surface area contributed by atoms with Gasteiger partial charge in [-0.1, -0.05) is 23.8 Å². The van der Waals surface area contributed by atoms with Crippen LogP contribution in [0.1, 0.15) is 35.6 Å². The Hall–Kier alpha value is -0.900. The summed E-state index contributed by atoms with van der Waals surface area (Å²) in [5.74, 6) is 0. The Bertz CT molecular complexity index is 427. The van der Waals surface area contributed by atoms with E-state index in [4.69, 9.17) is 0 Å². The standard InChI is InChI=1S/C17H28N2O/c1-14-6-7-15(2)16(12-14)17(20)13-18(3)10-11-19-8-4-5-9-19/h6-7,12,17,20H,4-5,8-11,13H2,1-3H3. The molecule has 1 aliphatic heterocycles. The van der Waals surface area contributed by atoms with Crippen LogP contribution >= 0.6 is 0 Å². The summed E-state index contributed by atoms with van der Waals surface area (Å²) < 4.78 is 0. The maximum atomic E-state index is 10.4. The second-order valence-corrected chi connectivity index (χ2v) is 6.19. The second-order valence-electron chi connectivity index (χ2n) is 6.19. The molecule has 3 nitrogen and oxygen atoms in total. The van der Waals surface area contributed by atoms with E-state index < -0.39 is 6.10 Å². The van der Waals surface area contributed by atoms with Gasteiger partial charge in [0.25, 0.3) is 0 Å². The van der Waals surface area contributed by atoms with Gasteiger partial charge in [-0.2, -0.15) is 0 Å². The Kier molecular flexibility index (Phi) is 5.58. The predicted molar refractivity (Wildman–Crippen MR) is 84.0 cm³/mol. The lowest BCUT2D eigenvalue weighted by atomic mass is 10.0. The number of benzene rings is 1. The molecule has 1 fully saturated rings. The number of hydrogen-bond donors (Lipinski definition) is 1. The monoisotopic (exact) mass is 276 g/mol. The summed E-state index contributed by atoms with van der Waals surface area (Å²) in [6.45, 7) is 9.49. The molecule has 1 unspecified atom stereocenters. The highest BCUT2D eigenvalue weighted by molar-refractivity contribution is 5.32. The smallest absolute Gasteiger partial charge is 0.0919 e. The van der Waals surface area contributed by atoms with Crippen molar-refractivity contribution >= 4 is 0 Å². The van der Waals surface area contributed by atoms with Crippen molar-refractivity contribution in [2.24, 2.45) is 0 Å². The average Bonchev–Trinajstić information content (AvgIpc) is 2.92. The molecule has 0 radical (unpaired) electrons. The second kappa shape index (κ2) is 7.21. The summed E-state index contributed by atoms with van der Waals surface area (Å²) in [6, 6.07) is 6.30. The number of aryl methyl sites for hydroxylation is 2. The largest absolute Gasteiger partial charge is 0.387 e. The Labute approximate surface area is 123 Å². The summed E-state index contributed by atoms with van der Waals surface area (Å²) in [5, 5.41) is 10.4. The fourth-order valence-electron chi connectivity index (χ4n) is 2.92. The van der Waals surface area contributed by atoms with E-state index in [0.29, 0.717) is 6.54 Å². The average molecular weight is 276 g/mol. The van der Waals surface area contributed by atoms with Crippen molar-refractivity contribution in [2.45, 2.75) is 32.8 Å². The minimum atomic E-state index is -0.390. The third kappa shape index (κ3) is 4.30. The van der Waals surface area contributed by atoms with Gasteiger partial charge in [0.15, 0.2) is 0 Å². The third-order valence-electron chi connectivity index (χ3n) is 4.27. The fourth-order valence-corrected chi connectivity index (χ4v) is 2.92. The maximum Gasteiger partial charge on any atom is 0.0919 e. The lowest BCUT2D eigenvalue weighted by Crippen LogP contribution is -2.33. The van der Waals surface area contributed by atoms with Crippen LogP contribution in [0.5, 0.6) is 0 Å². The molecule has 1 aromatic rings. The van der Waals surface area contributed by atoms with Crippen molar-refractivity contribution in [1.82, 2.24) is 9.80 Å². The molecule has 1 saturated heterocycles. The normalized spacial score (nSPS) is 17.9. The van der Waals surface area contributed by atoms with Crippen LogP contribution in [0.15, 0.2) is 18.2 Å². The molecule has 1 atom stereocenters. The molecule has 0 amide bonds. The summed E-state index contributed by atoms with van der Waals surface area (Å²) in [4.78, 5) is 4.76. The van der Waals surface area contributed by atoms with Gasteiger partial charge in [-0.15, -0.1) is 0 Å². The number of likely N-dealkylation sites (N-methyl/N-ethyl adjacent to an activating group) is 1. The zero-order chi connectivity index (χ0) is 14.5. The Balaban J connectivity index is 1.83. The van der Waals surface area contributed by atoms with Crippen molar-refractivity contribution in [3.63, 3.8) is 0 Å². The molecule has 1 N–H and O–H groups in total. The number of hydrogen-bond acceptors (Lipinski definition) is 3. The van der Waals surface area contributed by atoms with Gasteiger partial charge in [0.1, 0.15) is 0 Å². The molecule has 0 aromatic heterocycles. The number of aliphatic hydroxyl groups excluding tert-OH is 1. The first-order valence-electron chi connectivity index (χ1n) is 7.72. The van der Waals surface area contributed by atoms with Crippen LogP contribution in [0, 0.1) is 13.8 Å². The third-order valence-corrected chi connectivity index (χ3v) is 4.27. The lowest BCUT2D eigenvalue weighted by molar-refractivity contribution is 0.120. The van der Waals surface area contributed by atoms with Crippen LogP contribution in [0.25, 0.3) is 0 Å². The molecule has 0 saturated carbocycles. The molecule has 0 bridgehead atoms. The van der Waals surface area contributed by atoms with Crippen molar-refractivity contribution in [1.29, 1.82) is 0 Å². The first-order chi connectivity index (χ1) is 9.56. The highest BCUT2D eigenvalue weighted by Crippen LogP contribution is 2.20. The van der Waals surface area contributed by atoms with Crippen LogP contribution in [0.2, 0.25) is 0 Å². The molecule has 0 spiro atoms. The molecular formula is C17H28N2O. The minimum Gasteiger partial charge on any atom is -0.387 e. The zero-order valence-electron chi connectivity index (χ0n) is 13.1. The minimum absolute atomic E-state index is 0.390. The van der Waals surface area contributed by atoms with Gasteiger partial charge in [-0.05, 0) is 58.0 Å². The number of nitrogens with zero attached hydrogens (tertiary/aromatic N) is 2. The molecule has 2 rings (SSSR count). The Morgan fingerprint density at radius 3 is 2.65 bits per heavy atom. The van der Waals surface area contributed by atoms with Crippen molar-refractivity contribution < 1.29 is 5.11 Å². The van der Waals surface area contributed by atoms with E-state index in [9.17, 15) is 5.11 Å². The van der Waals surface area contributed by atoms with E-state index in [1.165, 1.54) is 37.1 Å². The van der Waals surface area contributed by atoms with E-state index in [1.54, 1.807) is 0 Å². The topological polar surface area (TPSA) is 26.7 Å². The van der Waals surface area contributed by atoms with Gasteiger partial charge < -0.3 is 14.9 Å². The lowest BCUT2D eigenvalue weighted by Gasteiger charge is -2.24. The van der Waals surface area contributed by atoms with E-state index in [2.05, 4.69) is 48.9 Å². The van der Waals surface area contributed by atoms with Crippen LogP contribution < -0.4 is 0 Å². The van der Waals surface area contributed by atoms with Crippen LogP contribution in [0.3, 0.4) is 0 Å². The summed E-state index contributed by atoms with van der Waals surface area (Å²) >= 11 is 0. The van der Waals surface area contributed by atoms with Crippen molar-refractivity contribution in [3.8, 4) is 0 Å². The molecule has 0 aliphatic carbocycles. The number of rotatable bonds is 6. The Morgan fingerprint density at radius 1 is 1.25 bits per heavy atom. The molecule has 20 heavy (non-hydrogen) atoms. The summed E-state index contributed by atoms with van der Waals surface area (Å²) in [6.07, 6.45) is 2.29. The highest BCUT2D eigenvalue weighted by Gasteiger charge is 2.15. The van der Waals surface area contributed by atoms with E-state index >= 15 is 0 Å². The predicted octanol–water partition coefficient (Wildman–Crippen LogP) is 2.36. The molecule has 3 heteroatoms. The zero-order valence-corrected chi connectivity index (χ0v) is 13.1. The fraction of sp³-hybridized carbons (Fsp3) is 0.647. The Morgan fingerprint density at radius 2 is 1.95 bits per heavy atom. The first-order valence-corrected chi connectivity index (χ1v) is 7.72. The van der Waals surface area contributed by atoms with Gasteiger partial charge in [-0.3, -0.25) is 0 Å². The number of likely N-dealkylation sites (tertiary alicyclic amines) is 1. The van der Waals surface area contributed by atoms with Crippen molar-refractivity contribution in [2.75, 3.05) is 39.8 Å². The van der Waals surface area contributed by atoms with Gasteiger partial charge in [0.2, 0.25) is 0 Å². The first kappa shape index (κ1) is 15.5. The van der Waals surface area contributed by atoms with Crippen LogP contribution in [0.4, 0.5) is 0 Å².